The first-order chi connectivity index (χ1) is 16.0. The average Bonchev–Trinajstić information content (AvgIpc) is 3.08. The molecule has 6 nitrogen and oxygen atoms in total. The molecule has 0 bridgehead atoms. The van der Waals surface area contributed by atoms with Gasteiger partial charge in [-0.1, -0.05) is 31.2 Å². The molecule has 1 fully saturated rings. The van der Waals surface area contributed by atoms with Crippen molar-refractivity contribution in [1.82, 2.24) is 9.88 Å². The van der Waals surface area contributed by atoms with Crippen molar-refractivity contribution in [2.45, 2.75) is 32.9 Å². The maximum absolute atomic E-state index is 13.2. The highest BCUT2D eigenvalue weighted by Gasteiger charge is 2.46. The van der Waals surface area contributed by atoms with E-state index in [1.807, 2.05) is 50.2 Å². The van der Waals surface area contributed by atoms with Gasteiger partial charge in [-0.3, -0.25) is 14.6 Å². The Kier molecular flexibility index (Phi) is 6.54. The summed E-state index contributed by atoms with van der Waals surface area (Å²) in [5.41, 5.74) is 3.13. The Morgan fingerprint density at radius 1 is 1.03 bits per heavy atom. The second-order valence-corrected chi connectivity index (χ2v) is 8.01. The first kappa shape index (κ1) is 22.3. The van der Waals surface area contributed by atoms with E-state index in [0.29, 0.717) is 17.9 Å². The molecule has 3 aromatic rings. The Morgan fingerprint density at radius 3 is 2.39 bits per heavy atom. The van der Waals surface area contributed by atoms with E-state index in [4.69, 9.17) is 4.74 Å². The minimum atomic E-state index is -0.699. The number of ether oxygens (including phenoxy) is 1. The van der Waals surface area contributed by atoms with Crippen LogP contribution in [0, 0.1) is 6.92 Å². The van der Waals surface area contributed by atoms with E-state index in [-0.39, 0.29) is 17.9 Å². The number of aliphatic hydroxyl groups excluding tert-OH is 1. The average molecular weight is 443 g/mol. The molecule has 1 aliphatic heterocycles. The number of aromatic nitrogens is 1. The van der Waals surface area contributed by atoms with Crippen molar-refractivity contribution >= 4 is 17.4 Å². The normalized spacial score (nSPS) is 17.4. The zero-order chi connectivity index (χ0) is 23.4. The molecular weight excluding hydrogens is 416 g/mol. The van der Waals surface area contributed by atoms with Crippen LogP contribution in [0.2, 0.25) is 0 Å². The van der Waals surface area contributed by atoms with Gasteiger partial charge in [-0.2, -0.15) is 0 Å². The molecule has 2 aromatic carbocycles. The first-order valence-corrected chi connectivity index (χ1v) is 11.0. The first-order valence-electron chi connectivity index (χ1n) is 11.0. The van der Waals surface area contributed by atoms with Crippen LogP contribution in [0.4, 0.5) is 0 Å². The van der Waals surface area contributed by atoms with Crippen molar-refractivity contribution in [3.05, 3.63) is 101 Å². The molecule has 0 saturated carbocycles. The molecule has 1 aromatic heterocycles. The van der Waals surface area contributed by atoms with Gasteiger partial charge in [0, 0.05) is 24.5 Å². The third-order valence-electron chi connectivity index (χ3n) is 5.73. The van der Waals surface area contributed by atoms with Gasteiger partial charge in [0.1, 0.15) is 11.5 Å². The van der Waals surface area contributed by atoms with Crippen LogP contribution >= 0.6 is 0 Å². The molecule has 168 valence electrons. The van der Waals surface area contributed by atoms with E-state index in [0.717, 1.165) is 23.1 Å². The van der Waals surface area contributed by atoms with Crippen LogP contribution in [0.3, 0.4) is 0 Å². The van der Waals surface area contributed by atoms with E-state index >= 15 is 0 Å². The molecule has 0 radical (unpaired) electrons. The summed E-state index contributed by atoms with van der Waals surface area (Å²) in [6, 6.07) is 17.4. The van der Waals surface area contributed by atoms with Gasteiger partial charge in [0.25, 0.3) is 11.7 Å². The predicted molar refractivity (Wildman–Crippen MR) is 125 cm³/mol. The fourth-order valence-corrected chi connectivity index (χ4v) is 4.03. The van der Waals surface area contributed by atoms with Gasteiger partial charge in [0.05, 0.1) is 18.2 Å². The van der Waals surface area contributed by atoms with E-state index in [9.17, 15) is 14.7 Å². The van der Waals surface area contributed by atoms with Crippen molar-refractivity contribution in [2.24, 2.45) is 0 Å². The van der Waals surface area contributed by atoms with E-state index in [1.165, 1.54) is 4.90 Å². The van der Waals surface area contributed by atoms with Crippen LogP contribution in [0.5, 0.6) is 5.75 Å². The number of carbonyl (C=O) groups excluding carboxylic acids is 2. The highest BCUT2D eigenvalue weighted by molar-refractivity contribution is 6.46. The van der Waals surface area contributed by atoms with Crippen molar-refractivity contribution in [2.75, 3.05) is 6.61 Å². The Balaban J connectivity index is 1.80. The SMILES string of the molecule is CCCOc1ccc(/C(O)=C2/C(=O)C(=O)N(Cc3ccncc3)C2c2ccccc2C)cc1. The Labute approximate surface area is 193 Å². The number of aliphatic hydroxyl groups is 1. The summed E-state index contributed by atoms with van der Waals surface area (Å²) in [6.45, 7) is 4.78. The summed E-state index contributed by atoms with van der Waals surface area (Å²) in [6.07, 6.45) is 4.19. The molecular formula is C27H26N2O4. The number of hydrogen-bond acceptors (Lipinski definition) is 5. The predicted octanol–water partition coefficient (Wildman–Crippen LogP) is 4.80. The quantitative estimate of drug-likeness (QED) is 0.323. The Bertz CT molecular complexity index is 1190. The second kappa shape index (κ2) is 9.69. The fraction of sp³-hybridized carbons (Fsp3) is 0.222. The van der Waals surface area contributed by atoms with Crippen molar-refractivity contribution in [3.63, 3.8) is 0 Å². The largest absolute Gasteiger partial charge is 0.507 e. The highest BCUT2D eigenvalue weighted by atomic mass is 16.5. The Hall–Kier alpha value is -3.93. The summed E-state index contributed by atoms with van der Waals surface area (Å²) in [5.74, 6) is -0.839. The van der Waals surface area contributed by atoms with Crippen LogP contribution in [-0.4, -0.2) is 33.3 Å². The van der Waals surface area contributed by atoms with Crippen LogP contribution in [-0.2, 0) is 16.1 Å². The zero-order valence-corrected chi connectivity index (χ0v) is 18.7. The number of carbonyl (C=O) groups is 2. The second-order valence-electron chi connectivity index (χ2n) is 8.01. The maximum atomic E-state index is 13.2. The molecule has 1 N–H and O–H groups in total. The van der Waals surface area contributed by atoms with E-state index in [1.54, 1.807) is 36.7 Å². The number of benzene rings is 2. The number of likely N-dealkylation sites (tertiary alicyclic amines) is 1. The van der Waals surface area contributed by atoms with Gasteiger partial charge in [0.15, 0.2) is 0 Å². The molecule has 1 aliphatic rings. The van der Waals surface area contributed by atoms with Gasteiger partial charge >= 0.3 is 0 Å². The number of rotatable bonds is 7. The summed E-state index contributed by atoms with van der Waals surface area (Å²) in [7, 11) is 0. The van der Waals surface area contributed by atoms with E-state index < -0.39 is 17.7 Å². The molecule has 6 heteroatoms. The molecule has 33 heavy (non-hydrogen) atoms. The monoisotopic (exact) mass is 442 g/mol. The number of amides is 1. The lowest BCUT2D eigenvalue weighted by Crippen LogP contribution is -2.29. The minimum Gasteiger partial charge on any atom is -0.507 e. The van der Waals surface area contributed by atoms with Crippen molar-refractivity contribution < 1.29 is 19.4 Å². The highest BCUT2D eigenvalue weighted by Crippen LogP contribution is 2.41. The zero-order valence-electron chi connectivity index (χ0n) is 18.7. The van der Waals surface area contributed by atoms with Crippen molar-refractivity contribution in [3.8, 4) is 5.75 Å². The number of Topliss-reactive ketones (excluding diaryl/α,β-unsaturated/α-hetero) is 1. The molecule has 1 unspecified atom stereocenters. The molecule has 0 spiro atoms. The Morgan fingerprint density at radius 2 is 1.73 bits per heavy atom. The van der Waals surface area contributed by atoms with Gasteiger partial charge in [-0.05, 0) is 66.4 Å². The molecule has 1 saturated heterocycles. The molecule has 1 amide bonds. The van der Waals surface area contributed by atoms with Crippen LogP contribution < -0.4 is 4.74 Å². The lowest BCUT2D eigenvalue weighted by Gasteiger charge is -2.26. The standard InChI is InChI=1S/C27H26N2O4/c1-3-16-33-21-10-8-20(9-11-21)25(30)23-24(22-7-5-4-6-18(22)2)29(27(32)26(23)31)17-19-12-14-28-15-13-19/h4-15,24,30H,3,16-17H2,1-2H3/b25-23-. The number of pyridine rings is 1. The molecule has 0 aliphatic carbocycles. The van der Waals surface area contributed by atoms with Crippen LogP contribution in [0.15, 0.2) is 78.6 Å². The number of aryl methyl sites for hydroxylation is 1. The van der Waals surface area contributed by atoms with Gasteiger partial charge in [0.2, 0.25) is 0 Å². The fourth-order valence-electron chi connectivity index (χ4n) is 4.03. The maximum Gasteiger partial charge on any atom is 0.295 e. The van der Waals surface area contributed by atoms with Crippen molar-refractivity contribution in [1.29, 1.82) is 0 Å². The number of hydrogen-bond donors (Lipinski definition) is 1. The minimum absolute atomic E-state index is 0.0885. The smallest absolute Gasteiger partial charge is 0.295 e. The topological polar surface area (TPSA) is 79.7 Å². The van der Waals surface area contributed by atoms with Gasteiger partial charge < -0.3 is 14.7 Å². The summed E-state index contributed by atoms with van der Waals surface area (Å²) in [5, 5.41) is 11.2. The molecule has 1 atom stereocenters. The molecule has 4 rings (SSSR count). The summed E-state index contributed by atoms with van der Waals surface area (Å²) < 4.78 is 5.61. The van der Waals surface area contributed by atoms with Gasteiger partial charge in [-0.15, -0.1) is 0 Å². The van der Waals surface area contributed by atoms with Crippen LogP contribution in [0.25, 0.3) is 5.76 Å². The van der Waals surface area contributed by atoms with Crippen LogP contribution in [0.1, 0.15) is 41.6 Å². The lowest BCUT2D eigenvalue weighted by molar-refractivity contribution is -0.140. The van der Waals surface area contributed by atoms with E-state index in [2.05, 4.69) is 4.98 Å². The lowest BCUT2D eigenvalue weighted by atomic mass is 9.92. The molecule has 2 heterocycles. The van der Waals surface area contributed by atoms with Gasteiger partial charge in [-0.25, -0.2) is 0 Å². The third-order valence-corrected chi connectivity index (χ3v) is 5.73. The summed E-state index contributed by atoms with van der Waals surface area (Å²) >= 11 is 0. The number of nitrogens with zero attached hydrogens (tertiary/aromatic N) is 2. The number of ketones is 1. The summed E-state index contributed by atoms with van der Waals surface area (Å²) in [4.78, 5) is 31.8. The third kappa shape index (κ3) is 4.51.